The van der Waals surface area contributed by atoms with Gasteiger partial charge in [0.25, 0.3) is 0 Å². The summed E-state index contributed by atoms with van der Waals surface area (Å²) < 4.78 is 36.4. The molecule has 84 valence electrons. The van der Waals surface area contributed by atoms with Crippen LogP contribution in [0, 0.1) is 5.82 Å². The minimum absolute atomic E-state index is 0.291. The van der Waals surface area contributed by atoms with E-state index < -0.39 is 10.0 Å². The van der Waals surface area contributed by atoms with Gasteiger partial charge in [0.15, 0.2) is 0 Å². The first-order chi connectivity index (χ1) is 6.82. The molecule has 3 nitrogen and oxygen atoms in total. The highest BCUT2D eigenvalue weighted by Crippen LogP contribution is 2.20. The monoisotopic (exact) mass is 231 g/mol. The molecule has 1 rings (SSSR count). The third-order valence-electron chi connectivity index (χ3n) is 2.42. The van der Waals surface area contributed by atoms with Gasteiger partial charge in [0.1, 0.15) is 5.82 Å². The van der Waals surface area contributed by atoms with Crippen molar-refractivity contribution in [3.63, 3.8) is 0 Å². The van der Waals surface area contributed by atoms with Crippen LogP contribution in [0.25, 0.3) is 0 Å². The molecule has 1 aromatic rings. The standard InChI is InChI=1S/C10H14FNO2S/c1-8(12(2)15(3,13)14)9-4-6-10(11)7-5-9/h4-8H,1-3H3/t8-/m1/s1. The zero-order valence-electron chi connectivity index (χ0n) is 8.94. The van der Waals surface area contributed by atoms with Gasteiger partial charge in [-0.1, -0.05) is 12.1 Å². The lowest BCUT2D eigenvalue weighted by Gasteiger charge is -2.22. The van der Waals surface area contributed by atoms with Crippen molar-refractivity contribution < 1.29 is 12.8 Å². The summed E-state index contributed by atoms with van der Waals surface area (Å²) in [6.45, 7) is 1.76. The second-order valence-electron chi connectivity index (χ2n) is 3.51. The van der Waals surface area contributed by atoms with Gasteiger partial charge < -0.3 is 0 Å². The summed E-state index contributed by atoms with van der Waals surface area (Å²) in [5.41, 5.74) is 0.768. The molecule has 0 bridgehead atoms. The van der Waals surface area contributed by atoms with E-state index in [2.05, 4.69) is 0 Å². The van der Waals surface area contributed by atoms with Crippen molar-refractivity contribution in [2.75, 3.05) is 13.3 Å². The van der Waals surface area contributed by atoms with E-state index in [0.717, 1.165) is 11.8 Å². The quantitative estimate of drug-likeness (QED) is 0.795. The predicted molar refractivity (Wildman–Crippen MR) is 57.4 cm³/mol. The highest BCUT2D eigenvalue weighted by atomic mass is 32.2. The Hall–Kier alpha value is -0.940. The largest absolute Gasteiger partial charge is 0.212 e. The zero-order chi connectivity index (χ0) is 11.6. The molecule has 1 aromatic carbocycles. The van der Waals surface area contributed by atoms with Crippen LogP contribution in [0.2, 0.25) is 0 Å². The first kappa shape index (κ1) is 12.1. The van der Waals surface area contributed by atoms with Gasteiger partial charge >= 0.3 is 0 Å². The third-order valence-corrected chi connectivity index (χ3v) is 3.78. The summed E-state index contributed by atoms with van der Waals surface area (Å²) in [4.78, 5) is 0. The van der Waals surface area contributed by atoms with Gasteiger partial charge in [0.2, 0.25) is 10.0 Å². The average Bonchev–Trinajstić information content (AvgIpc) is 2.15. The van der Waals surface area contributed by atoms with Gasteiger partial charge in [-0.15, -0.1) is 0 Å². The molecule has 1 atom stereocenters. The lowest BCUT2D eigenvalue weighted by molar-refractivity contribution is 0.402. The van der Waals surface area contributed by atoms with E-state index in [1.165, 1.54) is 23.5 Å². The maximum Gasteiger partial charge on any atom is 0.211 e. The van der Waals surface area contributed by atoms with E-state index in [-0.39, 0.29) is 11.9 Å². The SMILES string of the molecule is C[C@H](c1ccc(F)cc1)N(C)S(C)(=O)=O. The lowest BCUT2D eigenvalue weighted by atomic mass is 10.1. The molecule has 0 fully saturated rings. The van der Waals surface area contributed by atoms with Crippen LogP contribution < -0.4 is 0 Å². The molecule has 0 aliphatic heterocycles. The molecule has 0 aliphatic carbocycles. The zero-order valence-corrected chi connectivity index (χ0v) is 9.75. The third kappa shape index (κ3) is 3.00. The Morgan fingerprint density at radius 2 is 1.73 bits per heavy atom. The molecule has 0 aromatic heterocycles. The van der Waals surface area contributed by atoms with Gasteiger partial charge in [0, 0.05) is 13.1 Å². The van der Waals surface area contributed by atoms with Crippen LogP contribution >= 0.6 is 0 Å². The summed E-state index contributed by atoms with van der Waals surface area (Å²) in [5.74, 6) is -0.326. The molecule has 0 N–H and O–H groups in total. The van der Waals surface area contributed by atoms with Crippen LogP contribution in [0.15, 0.2) is 24.3 Å². The van der Waals surface area contributed by atoms with Crippen LogP contribution in [-0.4, -0.2) is 26.0 Å². The highest BCUT2D eigenvalue weighted by molar-refractivity contribution is 7.88. The van der Waals surface area contributed by atoms with Crippen molar-refractivity contribution in [3.05, 3.63) is 35.6 Å². The Morgan fingerprint density at radius 3 is 2.13 bits per heavy atom. The number of hydrogen-bond donors (Lipinski definition) is 0. The fourth-order valence-corrected chi connectivity index (χ4v) is 1.93. The first-order valence-corrected chi connectivity index (χ1v) is 6.35. The van der Waals surface area contributed by atoms with Crippen LogP contribution in [0.4, 0.5) is 4.39 Å². The normalized spacial score (nSPS) is 14.2. The highest BCUT2D eigenvalue weighted by Gasteiger charge is 2.19. The molecule has 5 heteroatoms. The molecule has 0 heterocycles. The summed E-state index contributed by atoms with van der Waals surface area (Å²) in [5, 5.41) is 0. The molecular formula is C10H14FNO2S. The van der Waals surface area contributed by atoms with E-state index in [0.29, 0.717) is 0 Å². The van der Waals surface area contributed by atoms with Crippen molar-refractivity contribution >= 4 is 10.0 Å². The molecule has 0 saturated carbocycles. The fraction of sp³-hybridized carbons (Fsp3) is 0.400. The molecule has 0 aliphatic rings. The topological polar surface area (TPSA) is 37.4 Å². The number of rotatable bonds is 3. The number of sulfonamides is 1. The van der Waals surface area contributed by atoms with Crippen LogP contribution in [0.1, 0.15) is 18.5 Å². The predicted octanol–water partition coefficient (Wildman–Crippen LogP) is 1.78. The molecule has 0 spiro atoms. The molecule has 15 heavy (non-hydrogen) atoms. The minimum atomic E-state index is -3.22. The van der Waals surface area contributed by atoms with Crippen molar-refractivity contribution in [2.24, 2.45) is 0 Å². The van der Waals surface area contributed by atoms with E-state index in [4.69, 9.17) is 0 Å². The first-order valence-electron chi connectivity index (χ1n) is 4.51. The van der Waals surface area contributed by atoms with E-state index in [9.17, 15) is 12.8 Å². The Bertz CT molecular complexity index is 427. The Balaban J connectivity index is 2.95. The molecule has 0 radical (unpaired) electrons. The number of halogens is 1. The smallest absolute Gasteiger partial charge is 0.211 e. The lowest BCUT2D eigenvalue weighted by Crippen LogP contribution is -2.28. The van der Waals surface area contributed by atoms with Crippen molar-refractivity contribution in [2.45, 2.75) is 13.0 Å². The maximum absolute atomic E-state index is 12.7. The summed E-state index contributed by atoms with van der Waals surface area (Å²) in [6, 6.07) is 5.52. The molecule has 0 amide bonds. The number of hydrogen-bond acceptors (Lipinski definition) is 2. The van der Waals surface area contributed by atoms with Crippen molar-refractivity contribution in [1.82, 2.24) is 4.31 Å². The number of benzene rings is 1. The summed E-state index contributed by atoms with van der Waals surface area (Å²) in [7, 11) is -1.72. The Labute approximate surface area is 89.6 Å². The second kappa shape index (κ2) is 4.28. The van der Waals surface area contributed by atoms with E-state index >= 15 is 0 Å². The average molecular weight is 231 g/mol. The van der Waals surface area contributed by atoms with Crippen LogP contribution in [0.3, 0.4) is 0 Å². The van der Waals surface area contributed by atoms with Crippen molar-refractivity contribution in [1.29, 1.82) is 0 Å². The Morgan fingerprint density at radius 1 is 1.27 bits per heavy atom. The summed E-state index contributed by atoms with van der Waals surface area (Å²) in [6.07, 6.45) is 1.15. The van der Waals surface area contributed by atoms with Crippen LogP contribution in [-0.2, 0) is 10.0 Å². The van der Waals surface area contributed by atoms with Gasteiger partial charge in [-0.05, 0) is 24.6 Å². The molecular weight excluding hydrogens is 217 g/mol. The van der Waals surface area contributed by atoms with Gasteiger partial charge in [-0.2, -0.15) is 4.31 Å². The van der Waals surface area contributed by atoms with E-state index in [1.807, 2.05) is 0 Å². The molecule has 0 saturated heterocycles. The van der Waals surface area contributed by atoms with E-state index in [1.54, 1.807) is 19.1 Å². The summed E-state index contributed by atoms with van der Waals surface area (Å²) >= 11 is 0. The van der Waals surface area contributed by atoms with Crippen molar-refractivity contribution in [3.8, 4) is 0 Å². The second-order valence-corrected chi connectivity index (χ2v) is 5.55. The van der Waals surface area contributed by atoms with Crippen LogP contribution in [0.5, 0.6) is 0 Å². The Kier molecular flexibility index (Phi) is 3.46. The number of nitrogens with zero attached hydrogens (tertiary/aromatic N) is 1. The van der Waals surface area contributed by atoms with Gasteiger partial charge in [-0.3, -0.25) is 0 Å². The molecule has 0 unspecified atom stereocenters. The van der Waals surface area contributed by atoms with Gasteiger partial charge in [-0.25, -0.2) is 12.8 Å². The maximum atomic E-state index is 12.7. The minimum Gasteiger partial charge on any atom is -0.212 e. The fourth-order valence-electron chi connectivity index (χ4n) is 1.24. The van der Waals surface area contributed by atoms with Gasteiger partial charge in [0.05, 0.1) is 6.26 Å².